The summed E-state index contributed by atoms with van der Waals surface area (Å²) in [5.41, 5.74) is 1.49. The molecule has 0 aromatic heterocycles. The van der Waals surface area contributed by atoms with Gasteiger partial charge < -0.3 is 4.48 Å². The molecule has 0 saturated heterocycles. The first kappa shape index (κ1) is 26.4. The number of hydrogen-bond acceptors (Lipinski definition) is 0. The summed E-state index contributed by atoms with van der Waals surface area (Å²) in [6, 6.07) is 12.0. The van der Waals surface area contributed by atoms with Crippen LogP contribution in [0.5, 0.6) is 0 Å². The maximum absolute atomic E-state index is 2.46. The average Bonchev–Trinajstić information content (AvgIpc) is 2.77. The third-order valence-corrected chi connectivity index (χ3v) is 7.89. The van der Waals surface area contributed by atoms with E-state index >= 15 is 0 Å². The first-order valence-corrected chi connectivity index (χ1v) is 14.0. The Bertz CT molecular complexity index is 535. The van der Waals surface area contributed by atoms with Gasteiger partial charge in [0.25, 0.3) is 0 Å². The van der Waals surface area contributed by atoms with Gasteiger partial charge in [-0.3, -0.25) is 0 Å². The summed E-state index contributed by atoms with van der Waals surface area (Å²) in [6.07, 6.45) is 26.3. The van der Waals surface area contributed by atoms with E-state index in [2.05, 4.69) is 51.4 Å². The molecule has 1 aromatic carbocycles. The summed E-state index contributed by atoms with van der Waals surface area (Å²) >= 11 is 0. The fourth-order valence-corrected chi connectivity index (χ4v) is 5.79. The predicted octanol–water partition coefficient (Wildman–Crippen LogP) is 9.30. The summed E-state index contributed by atoms with van der Waals surface area (Å²) < 4.78 is 1.17. The van der Waals surface area contributed by atoms with Crippen molar-refractivity contribution in [3.63, 3.8) is 0 Å². The molecular weight excluding hydrogens is 374 g/mol. The molecule has 0 radical (unpaired) electrons. The van der Waals surface area contributed by atoms with Crippen LogP contribution in [0.2, 0.25) is 0 Å². The normalized spacial score (nSPS) is 19.6. The van der Waals surface area contributed by atoms with Crippen LogP contribution in [0.25, 0.3) is 0 Å². The zero-order valence-electron chi connectivity index (χ0n) is 21.4. The molecule has 31 heavy (non-hydrogen) atoms. The molecule has 1 aliphatic carbocycles. The maximum atomic E-state index is 2.46. The number of benzene rings is 1. The quantitative estimate of drug-likeness (QED) is 0.171. The molecule has 2 atom stereocenters. The second-order valence-electron chi connectivity index (χ2n) is 11.1. The second-order valence-corrected chi connectivity index (χ2v) is 11.1. The average molecular weight is 429 g/mol. The lowest BCUT2D eigenvalue weighted by Gasteiger charge is -2.42. The van der Waals surface area contributed by atoms with Crippen LogP contribution in [0.3, 0.4) is 0 Å². The predicted molar refractivity (Wildman–Crippen MR) is 138 cm³/mol. The molecule has 1 nitrogen and oxygen atoms in total. The highest BCUT2D eigenvalue weighted by atomic mass is 15.3. The van der Waals surface area contributed by atoms with E-state index in [-0.39, 0.29) is 0 Å². The molecule has 0 aliphatic heterocycles. The Morgan fingerprint density at radius 1 is 0.710 bits per heavy atom. The van der Waals surface area contributed by atoms with Crippen molar-refractivity contribution < 1.29 is 4.48 Å². The molecular formula is C30H54N+. The molecule has 1 fully saturated rings. The Labute approximate surface area is 195 Å². The molecule has 0 spiro atoms. The first-order valence-electron chi connectivity index (χ1n) is 14.0. The minimum absolute atomic E-state index is 0.848. The lowest BCUT2D eigenvalue weighted by atomic mass is 9.81. The lowest BCUT2D eigenvalue weighted by molar-refractivity contribution is -0.929. The third-order valence-electron chi connectivity index (χ3n) is 7.89. The fourth-order valence-electron chi connectivity index (χ4n) is 5.79. The monoisotopic (exact) mass is 428 g/mol. The van der Waals surface area contributed by atoms with Crippen LogP contribution in [-0.4, -0.2) is 24.6 Å². The molecule has 0 N–H and O–H groups in total. The van der Waals surface area contributed by atoms with E-state index in [0.717, 1.165) is 12.0 Å². The number of hydrogen-bond donors (Lipinski definition) is 0. The van der Waals surface area contributed by atoms with Crippen molar-refractivity contribution in [2.75, 3.05) is 14.1 Å². The molecule has 0 bridgehead atoms. The van der Waals surface area contributed by atoms with Gasteiger partial charge >= 0.3 is 0 Å². The standard InChI is InChI=1S/C30H54N/c1-4-5-6-7-8-9-10-11-12-13-14-15-17-21-28-24-20-25-30(26-28)31(2,3)27-29-22-18-16-19-23-29/h16,18-19,22-23,28,30H,4-15,17,20-21,24-27H2,1-3H3/q+1. The molecule has 178 valence electrons. The molecule has 2 unspecified atom stereocenters. The van der Waals surface area contributed by atoms with E-state index in [1.807, 2.05) is 0 Å². The largest absolute Gasteiger partial charge is 0.322 e. The van der Waals surface area contributed by atoms with Crippen LogP contribution < -0.4 is 0 Å². The van der Waals surface area contributed by atoms with E-state index in [9.17, 15) is 0 Å². The summed E-state index contributed by atoms with van der Waals surface area (Å²) in [5.74, 6) is 0.986. The first-order chi connectivity index (χ1) is 15.1. The van der Waals surface area contributed by atoms with Crippen LogP contribution in [0.15, 0.2) is 30.3 Å². The molecule has 1 saturated carbocycles. The fraction of sp³-hybridized carbons (Fsp3) is 0.800. The summed E-state index contributed by atoms with van der Waals surface area (Å²) in [5, 5.41) is 0. The van der Waals surface area contributed by atoms with Crippen molar-refractivity contribution in [2.45, 2.75) is 135 Å². The van der Waals surface area contributed by atoms with E-state index in [1.54, 1.807) is 0 Å². The molecule has 1 heteroatoms. The topological polar surface area (TPSA) is 0 Å². The number of nitrogens with zero attached hydrogens (tertiary/aromatic N) is 1. The van der Waals surface area contributed by atoms with Gasteiger partial charge in [-0.05, 0) is 25.2 Å². The van der Waals surface area contributed by atoms with Crippen molar-refractivity contribution in [1.82, 2.24) is 0 Å². The lowest BCUT2D eigenvalue weighted by Crippen LogP contribution is -2.50. The van der Waals surface area contributed by atoms with Crippen molar-refractivity contribution in [3.8, 4) is 0 Å². The Balaban J connectivity index is 1.49. The van der Waals surface area contributed by atoms with E-state index in [1.165, 1.54) is 132 Å². The summed E-state index contributed by atoms with van der Waals surface area (Å²) in [6.45, 7) is 3.48. The van der Waals surface area contributed by atoms with Crippen LogP contribution in [-0.2, 0) is 6.54 Å². The van der Waals surface area contributed by atoms with Gasteiger partial charge in [0.1, 0.15) is 6.54 Å². The van der Waals surface area contributed by atoms with Crippen LogP contribution in [0.1, 0.15) is 128 Å². The Kier molecular flexibility index (Phi) is 13.6. The van der Waals surface area contributed by atoms with Crippen molar-refractivity contribution in [2.24, 2.45) is 5.92 Å². The molecule has 1 aliphatic rings. The van der Waals surface area contributed by atoms with E-state index < -0.39 is 0 Å². The van der Waals surface area contributed by atoms with Gasteiger partial charge in [-0.1, -0.05) is 127 Å². The van der Waals surface area contributed by atoms with Gasteiger partial charge in [0, 0.05) is 12.0 Å². The van der Waals surface area contributed by atoms with Gasteiger partial charge in [0.05, 0.1) is 20.1 Å². The minimum atomic E-state index is 0.848. The van der Waals surface area contributed by atoms with E-state index in [0.29, 0.717) is 0 Å². The maximum Gasteiger partial charge on any atom is 0.104 e. The Hall–Kier alpha value is -0.820. The second kappa shape index (κ2) is 15.9. The number of unbranched alkanes of at least 4 members (excludes halogenated alkanes) is 12. The highest BCUT2D eigenvalue weighted by Gasteiger charge is 2.33. The van der Waals surface area contributed by atoms with Crippen LogP contribution in [0.4, 0.5) is 0 Å². The van der Waals surface area contributed by atoms with Gasteiger partial charge in [0.15, 0.2) is 0 Å². The van der Waals surface area contributed by atoms with Gasteiger partial charge in [-0.15, -0.1) is 0 Å². The van der Waals surface area contributed by atoms with Crippen molar-refractivity contribution >= 4 is 0 Å². The van der Waals surface area contributed by atoms with Crippen molar-refractivity contribution in [1.29, 1.82) is 0 Å². The molecule has 1 aromatic rings. The molecule has 0 heterocycles. The number of quaternary nitrogens is 1. The summed E-state index contributed by atoms with van der Waals surface area (Å²) in [4.78, 5) is 0. The smallest absolute Gasteiger partial charge is 0.104 e. The highest BCUT2D eigenvalue weighted by molar-refractivity contribution is 5.13. The minimum Gasteiger partial charge on any atom is -0.322 e. The number of rotatable bonds is 17. The van der Waals surface area contributed by atoms with Gasteiger partial charge in [-0.2, -0.15) is 0 Å². The van der Waals surface area contributed by atoms with E-state index in [4.69, 9.17) is 0 Å². The van der Waals surface area contributed by atoms with Crippen LogP contribution >= 0.6 is 0 Å². The zero-order chi connectivity index (χ0) is 22.2. The molecule has 0 amide bonds. The highest BCUT2D eigenvalue weighted by Crippen LogP contribution is 2.34. The van der Waals surface area contributed by atoms with Crippen molar-refractivity contribution in [3.05, 3.63) is 35.9 Å². The summed E-state index contributed by atoms with van der Waals surface area (Å²) in [7, 11) is 4.93. The van der Waals surface area contributed by atoms with Crippen LogP contribution in [0, 0.1) is 5.92 Å². The third kappa shape index (κ3) is 11.6. The zero-order valence-corrected chi connectivity index (χ0v) is 21.4. The van der Waals surface area contributed by atoms with Gasteiger partial charge in [-0.25, -0.2) is 0 Å². The Morgan fingerprint density at radius 2 is 1.26 bits per heavy atom. The SMILES string of the molecule is CCCCCCCCCCCCCCCC1CCCC([N+](C)(C)Cc2ccccc2)C1. The van der Waals surface area contributed by atoms with Gasteiger partial charge in [0.2, 0.25) is 0 Å². The molecule has 2 rings (SSSR count). The Morgan fingerprint density at radius 3 is 1.84 bits per heavy atom.